The Morgan fingerprint density at radius 2 is 2.25 bits per heavy atom. The number of oxime groups is 1. The number of hydrogen-bond acceptors (Lipinski definition) is 3. The molecule has 0 aromatic heterocycles. The number of hydrogen-bond donors (Lipinski definition) is 2. The molecule has 0 aliphatic carbocycles. The van der Waals surface area contributed by atoms with Crippen LogP contribution in [0, 0.1) is 11.7 Å². The van der Waals surface area contributed by atoms with Crippen LogP contribution >= 0.6 is 15.9 Å². The van der Waals surface area contributed by atoms with Crippen LogP contribution in [0.15, 0.2) is 27.8 Å². The van der Waals surface area contributed by atoms with Gasteiger partial charge in [0.25, 0.3) is 5.91 Å². The summed E-state index contributed by atoms with van der Waals surface area (Å²) in [5.74, 6) is -1.04. The zero-order valence-electron chi connectivity index (χ0n) is 11.3. The highest BCUT2D eigenvalue weighted by Gasteiger charge is 2.21. The fourth-order valence-corrected chi connectivity index (χ4v) is 2.15. The fraction of sp³-hybridized carbons (Fsp3) is 0.385. The van der Waals surface area contributed by atoms with Crippen LogP contribution in [0.3, 0.4) is 0 Å². The summed E-state index contributed by atoms with van der Waals surface area (Å²) in [7, 11) is 0. The van der Waals surface area contributed by atoms with Gasteiger partial charge in [-0.3, -0.25) is 4.79 Å². The predicted molar refractivity (Wildman–Crippen MR) is 78.3 cm³/mol. The number of amides is 1. The molecule has 0 aliphatic heterocycles. The Labute approximate surface area is 125 Å². The molecule has 1 amide bonds. The third-order valence-corrected chi connectivity index (χ3v) is 3.77. The van der Waals surface area contributed by atoms with E-state index in [-0.39, 0.29) is 34.2 Å². The van der Waals surface area contributed by atoms with Crippen molar-refractivity contribution in [3.63, 3.8) is 0 Å². The second-order valence-electron chi connectivity index (χ2n) is 4.37. The van der Waals surface area contributed by atoms with E-state index < -0.39 is 5.82 Å². The van der Waals surface area contributed by atoms with Gasteiger partial charge in [-0.2, -0.15) is 0 Å². The molecular formula is C13H17BrFN3O2. The summed E-state index contributed by atoms with van der Waals surface area (Å²) in [4.78, 5) is 13.9. The Morgan fingerprint density at radius 3 is 2.80 bits per heavy atom. The predicted octanol–water partition coefficient (Wildman–Crippen LogP) is 2.43. The maximum Gasteiger partial charge on any atom is 0.255 e. The van der Waals surface area contributed by atoms with E-state index in [0.717, 1.165) is 0 Å². The van der Waals surface area contributed by atoms with Crippen LogP contribution in [0.5, 0.6) is 0 Å². The summed E-state index contributed by atoms with van der Waals surface area (Å²) in [6.07, 6.45) is 0. The lowest BCUT2D eigenvalue weighted by atomic mass is 10.1. The maximum absolute atomic E-state index is 13.5. The smallest absolute Gasteiger partial charge is 0.255 e. The minimum atomic E-state index is -0.489. The van der Waals surface area contributed by atoms with Crippen molar-refractivity contribution in [3.05, 3.63) is 34.1 Å². The van der Waals surface area contributed by atoms with E-state index >= 15 is 0 Å². The highest BCUT2D eigenvalue weighted by Crippen LogP contribution is 2.22. The van der Waals surface area contributed by atoms with Gasteiger partial charge in [-0.05, 0) is 35.0 Å². The molecule has 0 radical (unpaired) electrons. The molecule has 0 saturated heterocycles. The fourth-order valence-electron chi connectivity index (χ4n) is 1.72. The first-order valence-electron chi connectivity index (χ1n) is 6.13. The van der Waals surface area contributed by atoms with E-state index in [0.29, 0.717) is 6.54 Å². The maximum atomic E-state index is 13.5. The molecule has 1 aromatic carbocycles. The summed E-state index contributed by atoms with van der Waals surface area (Å²) in [5.41, 5.74) is 5.75. The Balaban J connectivity index is 2.95. The van der Waals surface area contributed by atoms with Crippen LogP contribution in [-0.2, 0) is 0 Å². The molecule has 1 aromatic rings. The number of benzene rings is 1. The van der Waals surface area contributed by atoms with E-state index in [4.69, 9.17) is 10.9 Å². The molecule has 1 unspecified atom stereocenters. The van der Waals surface area contributed by atoms with Crippen molar-refractivity contribution >= 4 is 27.7 Å². The third kappa shape index (κ3) is 3.69. The van der Waals surface area contributed by atoms with E-state index in [2.05, 4.69) is 21.1 Å². The molecule has 1 rings (SSSR count). The van der Waals surface area contributed by atoms with Crippen LogP contribution in [0.4, 0.5) is 4.39 Å². The summed E-state index contributed by atoms with van der Waals surface area (Å²) in [6, 6.07) is 4.30. The first kappa shape index (κ1) is 16.4. The first-order chi connectivity index (χ1) is 9.42. The third-order valence-electron chi connectivity index (χ3n) is 2.97. The number of nitrogens with zero attached hydrogens (tertiary/aromatic N) is 2. The molecule has 0 saturated carbocycles. The van der Waals surface area contributed by atoms with Crippen molar-refractivity contribution in [2.45, 2.75) is 13.8 Å². The average molecular weight is 346 g/mol. The molecule has 5 nitrogen and oxygen atoms in total. The van der Waals surface area contributed by atoms with Gasteiger partial charge >= 0.3 is 0 Å². The lowest BCUT2D eigenvalue weighted by Gasteiger charge is -2.24. The number of halogens is 2. The Hall–Kier alpha value is -1.63. The van der Waals surface area contributed by atoms with Crippen molar-refractivity contribution < 1.29 is 14.4 Å². The van der Waals surface area contributed by atoms with Gasteiger partial charge in [-0.15, -0.1) is 0 Å². The second kappa shape index (κ2) is 7.23. The summed E-state index contributed by atoms with van der Waals surface area (Å²) in [5, 5.41) is 11.6. The number of rotatable bonds is 5. The molecule has 20 heavy (non-hydrogen) atoms. The molecule has 0 bridgehead atoms. The molecule has 1 atom stereocenters. The Morgan fingerprint density at radius 1 is 1.60 bits per heavy atom. The molecule has 0 fully saturated rings. The number of nitrogens with two attached hydrogens (primary N) is 1. The lowest BCUT2D eigenvalue weighted by Crippen LogP contribution is -2.39. The summed E-state index contributed by atoms with van der Waals surface area (Å²) in [6.45, 7) is 4.27. The molecule has 7 heteroatoms. The summed E-state index contributed by atoms with van der Waals surface area (Å²) < 4.78 is 13.6. The number of amidine groups is 1. The zero-order chi connectivity index (χ0) is 15.3. The highest BCUT2D eigenvalue weighted by molar-refractivity contribution is 9.10. The monoisotopic (exact) mass is 345 g/mol. The van der Waals surface area contributed by atoms with Crippen molar-refractivity contribution in [1.82, 2.24) is 4.90 Å². The van der Waals surface area contributed by atoms with E-state index in [1.54, 1.807) is 13.0 Å². The SMILES string of the molecule is CCN(CC(C)/C(N)=N/O)C(=O)c1cccc(F)c1Br. The summed E-state index contributed by atoms with van der Waals surface area (Å²) >= 11 is 3.08. The number of carbonyl (C=O) groups is 1. The molecule has 3 N–H and O–H groups in total. The Kier molecular flexibility index (Phi) is 5.94. The van der Waals surface area contributed by atoms with Crippen LogP contribution in [-0.4, -0.2) is 34.9 Å². The quantitative estimate of drug-likeness (QED) is 0.372. The van der Waals surface area contributed by atoms with Crippen LogP contribution in [0.2, 0.25) is 0 Å². The second-order valence-corrected chi connectivity index (χ2v) is 5.16. The molecule has 110 valence electrons. The van der Waals surface area contributed by atoms with Crippen LogP contribution in [0.25, 0.3) is 0 Å². The van der Waals surface area contributed by atoms with Gasteiger partial charge in [0.05, 0.1) is 10.0 Å². The normalized spacial score (nSPS) is 13.1. The van der Waals surface area contributed by atoms with Gasteiger partial charge in [0.15, 0.2) is 0 Å². The van der Waals surface area contributed by atoms with Crippen molar-refractivity contribution in [1.29, 1.82) is 0 Å². The number of carbonyl (C=O) groups excluding carboxylic acids is 1. The molecular weight excluding hydrogens is 329 g/mol. The van der Waals surface area contributed by atoms with Crippen molar-refractivity contribution in [2.75, 3.05) is 13.1 Å². The largest absolute Gasteiger partial charge is 0.409 e. The van der Waals surface area contributed by atoms with Gasteiger partial charge < -0.3 is 15.8 Å². The molecule has 0 aliphatic rings. The van der Waals surface area contributed by atoms with E-state index in [1.807, 2.05) is 6.92 Å². The zero-order valence-corrected chi connectivity index (χ0v) is 12.9. The van der Waals surface area contributed by atoms with Crippen LogP contribution in [0.1, 0.15) is 24.2 Å². The minimum Gasteiger partial charge on any atom is -0.409 e. The standard InChI is InChI=1S/C13H17BrFN3O2/c1-3-18(7-8(2)12(16)17-20)13(19)9-5-4-6-10(15)11(9)14/h4-6,8,20H,3,7H2,1-2H3,(H2,16,17). The van der Waals surface area contributed by atoms with E-state index in [1.165, 1.54) is 17.0 Å². The van der Waals surface area contributed by atoms with Gasteiger partial charge in [-0.25, -0.2) is 4.39 Å². The van der Waals surface area contributed by atoms with Gasteiger partial charge in [0.2, 0.25) is 0 Å². The molecule has 0 spiro atoms. The van der Waals surface area contributed by atoms with Crippen molar-refractivity contribution in [3.8, 4) is 0 Å². The van der Waals surface area contributed by atoms with Gasteiger partial charge in [-0.1, -0.05) is 18.1 Å². The van der Waals surface area contributed by atoms with E-state index in [9.17, 15) is 9.18 Å². The molecule has 0 heterocycles. The lowest BCUT2D eigenvalue weighted by molar-refractivity contribution is 0.0752. The van der Waals surface area contributed by atoms with Crippen molar-refractivity contribution in [2.24, 2.45) is 16.8 Å². The van der Waals surface area contributed by atoms with Gasteiger partial charge in [0.1, 0.15) is 11.7 Å². The first-order valence-corrected chi connectivity index (χ1v) is 6.92. The van der Waals surface area contributed by atoms with Gasteiger partial charge in [0, 0.05) is 19.0 Å². The average Bonchev–Trinajstić information content (AvgIpc) is 2.45. The highest BCUT2D eigenvalue weighted by atomic mass is 79.9. The topological polar surface area (TPSA) is 78.9 Å². The Bertz CT molecular complexity index is 522. The van der Waals surface area contributed by atoms with Crippen LogP contribution < -0.4 is 5.73 Å². The minimum absolute atomic E-state index is 0.0505.